The highest BCUT2D eigenvalue weighted by atomic mass is 32.2. The van der Waals surface area contributed by atoms with E-state index in [0.29, 0.717) is 17.8 Å². The van der Waals surface area contributed by atoms with Gasteiger partial charge in [-0.3, -0.25) is 9.52 Å². The van der Waals surface area contributed by atoms with Crippen LogP contribution in [0.25, 0.3) is 0 Å². The Balaban J connectivity index is 1.83. The predicted molar refractivity (Wildman–Crippen MR) is 98.0 cm³/mol. The van der Waals surface area contributed by atoms with E-state index < -0.39 is 33.4 Å². The average molecular weight is 406 g/mol. The van der Waals surface area contributed by atoms with Gasteiger partial charge in [0.2, 0.25) is 0 Å². The number of hydrogen-bond donors (Lipinski definition) is 2. The summed E-state index contributed by atoms with van der Waals surface area (Å²) in [5, 5.41) is 2.19. The first kappa shape index (κ1) is 19.4. The minimum Gasteiger partial charge on any atom is -0.322 e. The fourth-order valence-electron chi connectivity index (χ4n) is 2.36. The topological polar surface area (TPSA) is 75.3 Å². The van der Waals surface area contributed by atoms with Crippen molar-refractivity contribution in [3.63, 3.8) is 0 Å². The molecule has 28 heavy (non-hydrogen) atoms. The Morgan fingerprint density at radius 2 is 1.43 bits per heavy atom. The van der Waals surface area contributed by atoms with Gasteiger partial charge < -0.3 is 5.32 Å². The Labute approximate surface area is 158 Å². The second kappa shape index (κ2) is 7.73. The average Bonchev–Trinajstić information content (AvgIpc) is 2.66. The summed E-state index contributed by atoms with van der Waals surface area (Å²) in [6, 6.07) is 14.5. The number of rotatable bonds is 5. The number of nitrogens with one attached hydrogen (secondary N) is 2. The van der Waals surface area contributed by atoms with Crippen LogP contribution in [0, 0.1) is 17.5 Å². The molecule has 0 radical (unpaired) electrons. The van der Waals surface area contributed by atoms with Crippen LogP contribution in [0.15, 0.2) is 71.6 Å². The lowest BCUT2D eigenvalue weighted by atomic mass is 10.2. The van der Waals surface area contributed by atoms with Crippen LogP contribution in [0.5, 0.6) is 0 Å². The predicted octanol–water partition coefficient (Wildman–Crippen LogP) is 4.16. The second-order valence-corrected chi connectivity index (χ2v) is 7.39. The lowest BCUT2D eigenvalue weighted by Crippen LogP contribution is -2.16. The van der Waals surface area contributed by atoms with Crippen LogP contribution in [0.1, 0.15) is 10.4 Å². The molecule has 5 nitrogen and oxygen atoms in total. The van der Waals surface area contributed by atoms with Gasteiger partial charge in [0.25, 0.3) is 15.9 Å². The molecule has 0 unspecified atom stereocenters. The van der Waals surface area contributed by atoms with Crippen molar-refractivity contribution in [3.05, 3.63) is 89.7 Å². The number of anilines is 2. The monoisotopic (exact) mass is 406 g/mol. The van der Waals surface area contributed by atoms with Crippen molar-refractivity contribution >= 4 is 27.3 Å². The van der Waals surface area contributed by atoms with Gasteiger partial charge in [-0.1, -0.05) is 24.3 Å². The van der Waals surface area contributed by atoms with Gasteiger partial charge in [0.15, 0.2) is 17.5 Å². The van der Waals surface area contributed by atoms with Crippen molar-refractivity contribution in [1.29, 1.82) is 0 Å². The van der Waals surface area contributed by atoms with Gasteiger partial charge in [0.05, 0.1) is 4.90 Å². The summed E-state index contributed by atoms with van der Waals surface area (Å²) < 4.78 is 66.9. The van der Waals surface area contributed by atoms with Crippen molar-refractivity contribution in [2.45, 2.75) is 4.90 Å². The molecule has 0 aliphatic carbocycles. The van der Waals surface area contributed by atoms with E-state index >= 15 is 0 Å². The highest BCUT2D eigenvalue weighted by Crippen LogP contribution is 2.20. The quantitative estimate of drug-likeness (QED) is 0.625. The molecule has 0 aliphatic rings. The van der Waals surface area contributed by atoms with E-state index in [1.54, 1.807) is 30.3 Å². The normalized spacial score (nSPS) is 11.1. The number of carbonyl (C=O) groups excluding carboxylic acids is 1. The number of para-hydroxylation sites is 1. The molecule has 2 N–H and O–H groups in total. The number of hydrogen-bond acceptors (Lipinski definition) is 3. The molecule has 0 aliphatic heterocycles. The Bertz CT molecular complexity index is 1110. The van der Waals surface area contributed by atoms with Gasteiger partial charge in [-0.05, 0) is 30.3 Å². The SMILES string of the molecule is O=C(Nc1cc(F)c(F)c(F)c1)c1cccc(S(=O)(=O)Nc2ccccc2)c1. The third kappa shape index (κ3) is 4.32. The van der Waals surface area contributed by atoms with Crippen molar-refractivity contribution in [1.82, 2.24) is 0 Å². The minimum absolute atomic E-state index is 0.0684. The molecule has 0 bridgehead atoms. The Morgan fingerprint density at radius 1 is 0.786 bits per heavy atom. The third-order valence-corrected chi connectivity index (χ3v) is 5.05. The van der Waals surface area contributed by atoms with Crippen molar-refractivity contribution in [3.8, 4) is 0 Å². The Morgan fingerprint density at radius 3 is 2.07 bits per heavy atom. The molecule has 3 aromatic carbocycles. The lowest BCUT2D eigenvalue weighted by Gasteiger charge is -2.10. The highest BCUT2D eigenvalue weighted by Gasteiger charge is 2.17. The summed E-state index contributed by atoms with van der Waals surface area (Å²) in [6.45, 7) is 0. The van der Waals surface area contributed by atoms with E-state index in [1.165, 1.54) is 18.2 Å². The zero-order valence-electron chi connectivity index (χ0n) is 14.1. The number of amides is 1. The van der Waals surface area contributed by atoms with Crippen LogP contribution in [-0.2, 0) is 10.0 Å². The fourth-order valence-corrected chi connectivity index (χ4v) is 3.46. The molecule has 3 aromatic rings. The first-order valence-electron chi connectivity index (χ1n) is 7.90. The molecule has 3 rings (SSSR count). The zero-order chi connectivity index (χ0) is 20.3. The van der Waals surface area contributed by atoms with Crippen molar-refractivity contribution in [2.75, 3.05) is 10.0 Å². The molecule has 9 heteroatoms. The van der Waals surface area contributed by atoms with Gasteiger partial charge in [0, 0.05) is 29.1 Å². The summed E-state index contributed by atoms with van der Waals surface area (Å²) in [5.74, 6) is -5.39. The molecule has 0 saturated carbocycles. The lowest BCUT2D eigenvalue weighted by molar-refractivity contribution is 0.102. The van der Waals surface area contributed by atoms with E-state index in [1.807, 2.05) is 0 Å². The first-order chi connectivity index (χ1) is 13.3. The smallest absolute Gasteiger partial charge is 0.261 e. The van der Waals surface area contributed by atoms with Gasteiger partial charge in [-0.2, -0.15) is 0 Å². The first-order valence-corrected chi connectivity index (χ1v) is 9.38. The van der Waals surface area contributed by atoms with Crippen LogP contribution in [0.4, 0.5) is 24.5 Å². The van der Waals surface area contributed by atoms with E-state index in [0.717, 1.165) is 6.07 Å². The molecule has 0 atom stereocenters. The van der Waals surface area contributed by atoms with Gasteiger partial charge in [-0.25, -0.2) is 21.6 Å². The van der Waals surface area contributed by atoms with Crippen LogP contribution < -0.4 is 10.0 Å². The fraction of sp³-hybridized carbons (Fsp3) is 0. The van der Waals surface area contributed by atoms with E-state index in [-0.39, 0.29) is 16.1 Å². The molecule has 1 amide bonds. The van der Waals surface area contributed by atoms with E-state index in [2.05, 4.69) is 10.0 Å². The van der Waals surface area contributed by atoms with Gasteiger partial charge in [0.1, 0.15) is 0 Å². The summed E-state index contributed by atoms with van der Waals surface area (Å²) in [4.78, 5) is 12.1. The van der Waals surface area contributed by atoms with Crippen LogP contribution in [-0.4, -0.2) is 14.3 Å². The molecule has 0 heterocycles. The van der Waals surface area contributed by atoms with Crippen LogP contribution >= 0.6 is 0 Å². The third-order valence-electron chi connectivity index (χ3n) is 3.67. The van der Waals surface area contributed by atoms with Gasteiger partial charge in [-0.15, -0.1) is 0 Å². The molecular weight excluding hydrogens is 393 g/mol. The number of sulfonamides is 1. The van der Waals surface area contributed by atoms with E-state index in [9.17, 15) is 26.4 Å². The Kier molecular flexibility index (Phi) is 5.36. The summed E-state index contributed by atoms with van der Waals surface area (Å²) in [6.07, 6.45) is 0. The Hall–Kier alpha value is -3.33. The maximum atomic E-state index is 13.3. The molecule has 0 saturated heterocycles. The highest BCUT2D eigenvalue weighted by molar-refractivity contribution is 7.92. The molecule has 0 aromatic heterocycles. The second-order valence-electron chi connectivity index (χ2n) is 5.71. The number of carbonyl (C=O) groups is 1. The maximum Gasteiger partial charge on any atom is 0.261 e. The molecular formula is C19H13F3N2O3S. The maximum absolute atomic E-state index is 13.3. The molecule has 144 valence electrons. The minimum atomic E-state index is -3.96. The van der Waals surface area contributed by atoms with E-state index in [4.69, 9.17) is 0 Å². The summed E-state index contributed by atoms with van der Waals surface area (Å²) in [7, 11) is -3.96. The van der Waals surface area contributed by atoms with Crippen LogP contribution in [0.3, 0.4) is 0 Å². The summed E-state index contributed by atoms with van der Waals surface area (Å²) in [5.41, 5.74) is -0.0345. The van der Waals surface area contributed by atoms with Crippen molar-refractivity contribution in [2.24, 2.45) is 0 Å². The van der Waals surface area contributed by atoms with Crippen molar-refractivity contribution < 1.29 is 26.4 Å². The van der Waals surface area contributed by atoms with Gasteiger partial charge >= 0.3 is 0 Å². The number of halogens is 3. The summed E-state index contributed by atoms with van der Waals surface area (Å²) >= 11 is 0. The largest absolute Gasteiger partial charge is 0.322 e. The molecule has 0 fully saturated rings. The van der Waals surface area contributed by atoms with Crippen LogP contribution in [0.2, 0.25) is 0 Å². The molecule has 0 spiro atoms. The number of benzene rings is 3. The standard InChI is InChI=1S/C19H13F3N2O3S/c20-16-10-14(11-17(21)18(16)22)23-19(25)12-5-4-8-15(9-12)28(26,27)24-13-6-2-1-3-7-13/h1-11,24H,(H,23,25). The zero-order valence-corrected chi connectivity index (χ0v) is 14.9.